The van der Waals surface area contributed by atoms with Crippen LogP contribution in [0.3, 0.4) is 0 Å². The number of carbonyl (C=O) groups excluding carboxylic acids is 2. The zero-order valence-corrected chi connectivity index (χ0v) is 14.8. The van der Waals surface area contributed by atoms with E-state index in [1.165, 1.54) is 17.8 Å². The summed E-state index contributed by atoms with van der Waals surface area (Å²) in [7, 11) is 0. The van der Waals surface area contributed by atoms with Crippen LogP contribution in [0.4, 0.5) is 10.1 Å². The van der Waals surface area contributed by atoms with Crippen molar-refractivity contribution in [1.29, 1.82) is 0 Å². The second kappa shape index (κ2) is 7.89. The molecule has 0 radical (unpaired) electrons. The van der Waals surface area contributed by atoms with Crippen LogP contribution in [-0.4, -0.2) is 23.6 Å². The molecule has 2 aromatic carbocycles. The van der Waals surface area contributed by atoms with Crippen molar-refractivity contribution in [3.63, 3.8) is 0 Å². The van der Waals surface area contributed by atoms with Crippen LogP contribution < -0.4 is 10.6 Å². The number of halogens is 2. The average molecular weight is 379 g/mol. The van der Waals surface area contributed by atoms with Gasteiger partial charge in [0.2, 0.25) is 11.8 Å². The first-order valence-electron chi connectivity index (χ1n) is 7.80. The molecule has 25 heavy (non-hydrogen) atoms. The van der Waals surface area contributed by atoms with Crippen LogP contribution in [0.5, 0.6) is 0 Å². The van der Waals surface area contributed by atoms with Gasteiger partial charge in [0.1, 0.15) is 5.82 Å². The molecular weight excluding hydrogens is 363 g/mol. The van der Waals surface area contributed by atoms with E-state index in [9.17, 15) is 14.0 Å². The summed E-state index contributed by atoms with van der Waals surface area (Å²) in [6, 6.07) is 11.7. The topological polar surface area (TPSA) is 58.2 Å². The number of thioether (sulfide) groups is 1. The van der Waals surface area contributed by atoms with Crippen molar-refractivity contribution in [3.05, 3.63) is 58.9 Å². The van der Waals surface area contributed by atoms with E-state index < -0.39 is 5.25 Å². The van der Waals surface area contributed by atoms with Crippen LogP contribution in [0.1, 0.15) is 12.0 Å². The van der Waals surface area contributed by atoms with E-state index in [4.69, 9.17) is 11.6 Å². The van der Waals surface area contributed by atoms with Gasteiger partial charge in [-0.25, -0.2) is 4.39 Å². The number of rotatable bonds is 5. The maximum absolute atomic E-state index is 13.5. The Hall–Kier alpha value is -2.05. The van der Waals surface area contributed by atoms with E-state index in [2.05, 4.69) is 10.6 Å². The molecule has 130 valence electrons. The molecule has 0 saturated heterocycles. The second-order valence-electron chi connectivity index (χ2n) is 5.63. The van der Waals surface area contributed by atoms with Gasteiger partial charge in [0.05, 0.1) is 10.9 Å². The number of benzene rings is 2. The molecule has 1 atom stereocenters. The molecule has 1 aliphatic rings. The minimum Gasteiger partial charge on any atom is -0.356 e. The first-order valence-corrected chi connectivity index (χ1v) is 9.06. The van der Waals surface area contributed by atoms with Crippen LogP contribution in [0, 0.1) is 5.82 Å². The van der Waals surface area contributed by atoms with Crippen molar-refractivity contribution in [2.75, 3.05) is 11.9 Å². The minimum atomic E-state index is -0.498. The quantitative estimate of drug-likeness (QED) is 0.835. The number of carbonyl (C=O) groups is 2. The van der Waals surface area contributed by atoms with Crippen LogP contribution in [0.15, 0.2) is 47.4 Å². The monoisotopic (exact) mass is 378 g/mol. The summed E-state index contributed by atoms with van der Waals surface area (Å²) in [6.07, 6.45) is 0.472. The van der Waals surface area contributed by atoms with Gasteiger partial charge in [-0.15, -0.1) is 11.8 Å². The van der Waals surface area contributed by atoms with E-state index in [1.807, 2.05) is 6.07 Å². The summed E-state index contributed by atoms with van der Waals surface area (Å²) in [5.41, 5.74) is 1.22. The Morgan fingerprint density at radius 2 is 2.08 bits per heavy atom. The van der Waals surface area contributed by atoms with Gasteiger partial charge in [-0.3, -0.25) is 9.59 Å². The number of hydrogen-bond acceptors (Lipinski definition) is 3. The Morgan fingerprint density at radius 3 is 2.88 bits per heavy atom. The van der Waals surface area contributed by atoms with Gasteiger partial charge in [0.25, 0.3) is 0 Å². The highest BCUT2D eigenvalue weighted by Gasteiger charge is 2.29. The Kier molecular flexibility index (Phi) is 5.60. The molecule has 7 heteroatoms. The van der Waals surface area contributed by atoms with Gasteiger partial charge in [0, 0.05) is 22.9 Å². The van der Waals surface area contributed by atoms with Gasteiger partial charge in [-0.1, -0.05) is 29.8 Å². The first-order chi connectivity index (χ1) is 12.0. The highest BCUT2D eigenvalue weighted by atomic mass is 35.5. The van der Waals surface area contributed by atoms with Crippen molar-refractivity contribution in [2.45, 2.75) is 23.0 Å². The van der Waals surface area contributed by atoms with Crippen LogP contribution >= 0.6 is 23.4 Å². The molecule has 1 heterocycles. The standard InChI is InChI=1S/C18H16ClFN2O2S/c19-12-5-6-15-14(9-12)22-18(24)16(25-15)10-17(23)21-8-7-11-3-1-2-4-13(11)20/h1-6,9,16H,7-8,10H2,(H,21,23)(H,22,24). The normalized spacial score (nSPS) is 16.1. The molecule has 0 aliphatic carbocycles. The molecule has 0 bridgehead atoms. The highest BCUT2D eigenvalue weighted by molar-refractivity contribution is 8.01. The van der Waals surface area contributed by atoms with Crippen molar-refractivity contribution in [3.8, 4) is 0 Å². The zero-order valence-electron chi connectivity index (χ0n) is 13.2. The number of anilines is 1. The molecule has 2 aromatic rings. The van der Waals surface area contributed by atoms with Crippen molar-refractivity contribution in [2.24, 2.45) is 0 Å². The molecule has 2 N–H and O–H groups in total. The van der Waals surface area contributed by atoms with Crippen molar-refractivity contribution in [1.82, 2.24) is 5.32 Å². The van der Waals surface area contributed by atoms with Crippen LogP contribution in [0.25, 0.3) is 0 Å². The van der Waals surface area contributed by atoms with Gasteiger partial charge < -0.3 is 10.6 Å². The van der Waals surface area contributed by atoms with E-state index in [-0.39, 0.29) is 24.1 Å². The molecule has 0 fully saturated rings. The molecule has 2 amide bonds. The summed E-state index contributed by atoms with van der Waals surface area (Å²) in [6.45, 7) is 0.324. The largest absolute Gasteiger partial charge is 0.356 e. The Balaban J connectivity index is 1.52. The van der Waals surface area contributed by atoms with E-state index in [0.717, 1.165) is 4.90 Å². The maximum atomic E-state index is 13.5. The lowest BCUT2D eigenvalue weighted by molar-refractivity contribution is -0.124. The van der Waals surface area contributed by atoms with Gasteiger partial charge in [-0.05, 0) is 36.2 Å². The molecule has 1 aliphatic heterocycles. The van der Waals surface area contributed by atoms with Crippen molar-refractivity contribution >= 4 is 40.9 Å². The van der Waals surface area contributed by atoms with Gasteiger partial charge in [0.15, 0.2) is 0 Å². The lowest BCUT2D eigenvalue weighted by Gasteiger charge is -2.23. The first kappa shape index (κ1) is 17.8. The predicted molar refractivity (Wildman–Crippen MR) is 97.5 cm³/mol. The third-order valence-corrected chi connectivity index (χ3v) is 5.32. The molecule has 4 nitrogen and oxygen atoms in total. The van der Waals surface area contributed by atoms with Crippen LogP contribution in [-0.2, 0) is 16.0 Å². The predicted octanol–water partition coefficient (Wildman–Crippen LogP) is 3.64. The molecule has 0 aromatic heterocycles. The number of nitrogens with one attached hydrogen (secondary N) is 2. The van der Waals surface area contributed by atoms with Gasteiger partial charge >= 0.3 is 0 Å². The average Bonchev–Trinajstić information content (AvgIpc) is 2.57. The Labute approximate surface area is 154 Å². The summed E-state index contributed by atoms with van der Waals surface area (Å²) in [5, 5.41) is 5.56. The third kappa shape index (κ3) is 4.52. The third-order valence-electron chi connectivity index (χ3n) is 3.81. The molecule has 0 saturated carbocycles. The molecular formula is C18H16ClFN2O2S. The van der Waals surface area contributed by atoms with E-state index in [1.54, 1.807) is 30.3 Å². The summed E-state index contributed by atoms with van der Waals surface area (Å²) >= 11 is 7.26. The number of hydrogen-bond donors (Lipinski definition) is 2. The molecule has 3 rings (SSSR count). The fourth-order valence-corrected chi connectivity index (χ4v) is 3.80. The fourth-order valence-electron chi connectivity index (χ4n) is 2.54. The van der Waals surface area contributed by atoms with E-state index >= 15 is 0 Å². The van der Waals surface area contributed by atoms with Gasteiger partial charge in [-0.2, -0.15) is 0 Å². The lowest BCUT2D eigenvalue weighted by Crippen LogP contribution is -2.35. The number of fused-ring (bicyclic) bond motifs is 1. The fraction of sp³-hybridized carbons (Fsp3) is 0.222. The molecule has 0 spiro atoms. The second-order valence-corrected chi connectivity index (χ2v) is 7.31. The highest BCUT2D eigenvalue weighted by Crippen LogP contribution is 2.38. The maximum Gasteiger partial charge on any atom is 0.238 e. The van der Waals surface area contributed by atoms with Crippen molar-refractivity contribution < 1.29 is 14.0 Å². The zero-order chi connectivity index (χ0) is 17.8. The number of amides is 2. The summed E-state index contributed by atoms with van der Waals surface area (Å²) in [5.74, 6) is -0.736. The SMILES string of the molecule is O=C(CC1Sc2ccc(Cl)cc2NC1=O)NCCc1ccccc1F. The summed E-state index contributed by atoms with van der Waals surface area (Å²) < 4.78 is 13.5. The Morgan fingerprint density at radius 1 is 1.28 bits per heavy atom. The lowest BCUT2D eigenvalue weighted by atomic mass is 10.1. The molecule has 1 unspecified atom stereocenters. The van der Waals surface area contributed by atoms with Crippen LogP contribution in [0.2, 0.25) is 5.02 Å². The minimum absolute atomic E-state index is 0.0653. The summed E-state index contributed by atoms with van der Waals surface area (Å²) in [4.78, 5) is 25.1. The van der Waals surface area contributed by atoms with E-state index in [0.29, 0.717) is 29.2 Å². The smallest absolute Gasteiger partial charge is 0.238 e. The Bertz CT molecular complexity index is 815.